The molecule has 0 amide bonds. The quantitative estimate of drug-likeness (QED) is 0.854. The van der Waals surface area contributed by atoms with Gasteiger partial charge >= 0.3 is 0 Å². The van der Waals surface area contributed by atoms with Crippen molar-refractivity contribution in [1.82, 2.24) is 14.7 Å². The number of anilines is 1. The van der Waals surface area contributed by atoms with Gasteiger partial charge in [-0.1, -0.05) is 13.8 Å². The van der Waals surface area contributed by atoms with Crippen LogP contribution in [0, 0.1) is 5.92 Å². The number of nitrogens with one attached hydrogen (secondary N) is 2. The minimum atomic E-state index is -3.56. The molecule has 16 heavy (non-hydrogen) atoms. The zero-order chi connectivity index (χ0) is 12.2. The lowest BCUT2D eigenvalue weighted by Gasteiger charge is -2.09. The number of halogens is 1. The molecule has 0 radical (unpaired) electrons. The Morgan fingerprint density at radius 3 is 2.56 bits per heavy atom. The van der Waals surface area contributed by atoms with Gasteiger partial charge in [-0.15, -0.1) is 0 Å². The largest absolute Gasteiger partial charge is 0.300 e. The Hall–Kier alpha value is -0.730. The highest BCUT2D eigenvalue weighted by atomic mass is 79.9. The summed E-state index contributed by atoms with van der Waals surface area (Å²) in [7, 11) is -3.56. The van der Waals surface area contributed by atoms with Gasteiger partial charge in [-0.05, 0) is 21.8 Å². The molecular formula is C8H13BrN4O2S. The standard InChI is InChI=1S/C8H13BrN4O2S/c1-6(2)3-12-16(14,15)13-8-5-10-7(9)4-11-8/h4-6,12H,3H2,1-2H3,(H,11,13). The van der Waals surface area contributed by atoms with Crippen molar-refractivity contribution in [3.05, 3.63) is 17.0 Å². The summed E-state index contributed by atoms with van der Waals surface area (Å²) in [5.41, 5.74) is 0. The van der Waals surface area contributed by atoms with Gasteiger partial charge in [0.05, 0.1) is 12.4 Å². The Morgan fingerprint density at radius 1 is 1.38 bits per heavy atom. The predicted molar refractivity (Wildman–Crippen MR) is 65.1 cm³/mol. The molecular weight excluding hydrogens is 296 g/mol. The van der Waals surface area contributed by atoms with E-state index in [-0.39, 0.29) is 11.7 Å². The highest BCUT2D eigenvalue weighted by molar-refractivity contribution is 9.10. The maximum atomic E-state index is 11.5. The van der Waals surface area contributed by atoms with Crippen LogP contribution in [0.25, 0.3) is 0 Å². The molecule has 2 N–H and O–H groups in total. The normalized spacial score (nSPS) is 11.8. The monoisotopic (exact) mass is 308 g/mol. The Labute approximate surface area is 103 Å². The molecule has 0 bridgehead atoms. The zero-order valence-electron chi connectivity index (χ0n) is 8.94. The van der Waals surface area contributed by atoms with Crippen LogP contribution in [0.2, 0.25) is 0 Å². The van der Waals surface area contributed by atoms with Crippen LogP contribution in [0.3, 0.4) is 0 Å². The van der Waals surface area contributed by atoms with Crippen LogP contribution >= 0.6 is 15.9 Å². The summed E-state index contributed by atoms with van der Waals surface area (Å²) >= 11 is 3.11. The smallest absolute Gasteiger partial charge is 0.253 e. The molecule has 0 aromatic carbocycles. The van der Waals surface area contributed by atoms with Crippen molar-refractivity contribution in [2.45, 2.75) is 13.8 Å². The van der Waals surface area contributed by atoms with Crippen molar-refractivity contribution in [1.29, 1.82) is 0 Å². The van der Waals surface area contributed by atoms with Gasteiger partial charge in [-0.3, -0.25) is 4.72 Å². The van der Waals surface area contributed by atoms with Crippen molar-refractivity contribution in [2.24, 2.45) is 5.92 Å². The van der Waals surface area contributed by atoms with Gasteiger partial charge in [0.1, 0.15) is 4.60 Å². The van der Waals surface area contributed by atoms with E-state index in [4.69, 9.17) is 0 Å². The molecule has 1 heterocycles. The first-order valence-corrected chi connectivity index (χ1v) is 6.91. The van der Waals surface area contributed by atoms with Gasteiger partial charge in [0.25, 0.3) is 10.2 Å². The van der Waals surface area contributed by atoms with Gasteiger partial charge in [-0.25, -0.2) is 9.97 Å². The molecule has 6 nitrogen and oxygen atoms in total. The van der Waals surface area contributed by atoms with Gasteiger partial charge in [0, 0.05) is 6.54 Å². The summed E-state index contributed by atoms with van der Waals surface area (Å²) in [6.45, 7) is 4.21. The summed E-state index contributed by atoms with van der Waals surface area (Å²) in [6.07, 6.45) is 2.75. The topological polar surface area (TPSA) is 84.0 Å². The molecule has 1 aromatic rings. The van der Waals surface area contributed by atoms with Crippen LogP contribution in [0.5, 0.6) is 0 Å². The Kier molecular flexibility index (Phi) is 4.63. The van der Waals surface area contributed by atoms with E-state index in [2.05, 4.69) is 35.3 Å². The average molecular weight is 309 g/mol. The van der Waals surface area contributed by atoms with Gasteiger partial charge < -0.3 is 0 Å². The van der Waals surface area contributed by atoms with Crippen molar-refractivity contribution >= 4 is 32.0 Å². The summed E-state index contributed by atoms with van der Waals surface area (Å²) in [5.74, 6) is 0.423. The molecule has 0 fully saturated rings. The van der Waals surface area contributed by atoms with Crippen LogP contribution in [-0.2, 0) is 10.2 Å². The van der Waals surface area contributed by atoms with Crippen molar-refractivity contribution in [3.8, 4) is 0 Å². The maximum Gasteiger partial charge on any atom is 0.300 e. The van der Waals surface area contributed by atoms with E-state index < -0.39 is 10.2 Å². The third-order valence-corrected chi connectivity index (χ3v) is 2.97. The van der Waals surface area contributed by atoms with Crippen LogP contribution in [0.4, 0.5) is 5.82 Å². The summed E-state index contributed by atoms with van der Waals surface area (Å²) < 4.78 is 28.2. The SMILES string of the molecule is CC(C)CNS(=O)(=O)Nc1cnc(Br)cn1. The Bertz CT molecular complexity index is 432. The summed E-state index contributed by atoms with van der Waals surface area (Å²) in [4.78, 5) is 7.71. The van der Waals surface area contributed by atoms with Crippen LogP contribution in [-0.4, -0.2) is 24.9 Å². The average Bonchev–Trinajstić information content (AvgIpc) is 2.19. The molecule has 0 saturated carbocycles. The fourth-order valence-electron chi connectivity index (χ4n) is 0.815. The first-order chi connectivity index (χ1) is 7.39. The number of hydrogen-bond donors (Lipinski definition) is 2. The molecule has 0 atom stereocenters. The second-order valence-electron chi connectivity index (χ2n) is 3.57. The molecule has 8 heteroatoms. The van der Waals surface area contributed by atoms with Crippen molar-refractivity contribution in [2.75, 3.05) is 11.3 Å². The number of nitrogens with zero attached hydrogens (tertiary/aromatic N) is 2. The number of rotatable bonds is 5. The zero-order valence-corrected chi connectivity index (χ0v) is 11.3. The van der Waals surface area contributed by atoms with Gasteiger partial charge in [0.15, 0.2) is 5.82 Å². The molecule has 0 aliphatic heterocycles. The molecule has 0 aliphatic carbocycles. The second-order valence-corrected chi connectivity index (χ2v) is 5.88. The molecule has 90 valence electrons. The van der Waals surface area contributed by atoms with E-state index in [0.29, 0.717) is 11.1 Å². The van der Waals surface area contributed by atoms with Crippen LogP contribution in [0.1, 0.15) is 13.8 Å². The van der Waals surface area contributed by atoms with E-state index in [1.54, 1.807) is 0 Å². The Morgan fingerprint density at radius 2 is 2.06 bits per heavy atom. The van der Waals surface area contributed by atoms with Crippen LogP contribution < -0.4 is 9.44 Å². The third-order valence-electron chi connectivity index (χ3n) is 1.54. The Balaban J connectivity index is 2.62. The lowest BCUT2D eigenvalue weighted by Crippen LogP contribution is -2.33. The number of aromatic nitrogens is 2. The number of hydrogen-bond acceptors (Lipinski definition) is 4. The first-order valence-electron chi connectivity index (χ1n) is 4.64. The lowest BCUT2D eigenvalue weighted by molar-refractivity contribution is 0.564. The molecule has 0 spiro atoms. The minimum absolute atomic E-state index is 0.180. The highest BCUT2D eigenvalue weighted by Crippen LogP contribution is 2.07. The van der Waals surface area contributed by atoms with Gasteiger partial charge in [0.2, 0.25) is 0 Å². The first kappa shape index (κ1) is 13.3. The highest BCUT2D eigenvalue weighted by Gasteiger charge is 2.10. The molecule has 1 aromatic heterocycles. The van der Waals surface area contributed by atoms with E-state index in [0.717, 1.165) is 0 Å². The molecule has 1 rings (SSSR count). The van der Waals surface area contributed by atoms with Gasteiger partial charge in [-0.2, -0.15) is 13.1 Å². The minimum Gasteiger partial charge on any atom is -0.253 e. The maximum absolute atomic E-state index is 11.5. The molecule has 0 aliphatic rings. The van der Waals surface area contributed by atoms with E-state index in [9.17, 15) is 8.42 Å². The predicted octanol–water partition coefficient (Wildman–Crippen LogP) is 1.14. The second kappa shape index (κ2) is 5.55. The fraction of sp³-hybridized carbons (Fsp3) is 0.500. The van der Waals surface area contributed by atoms with E-state index in [1.807, 2.05) is 13.8 Å². The summed E-state index contributed by atoms with van der Waals surface area (Å²) in [6, 6.07) is 0. The van der Waals surface area contributed by atoms with E-state index in [1.165, 1.54) is 12.4 Å². The van der Waals surface area contributed by atoms with Crippen molar-refractivity contribution < 1.29 is 8.42 Å². The molecule has 0 saturated heterocycles. The molecule has 0 unspecified atom stereocenters. The fourth-order valence-corrected chi connectivity index (χ4v) is 2.03. The van der Waals surface area contributed by atoms with E-state index >= 15 is 0 Å². The summed E-state index contributed by atoms with van der Waals surface area (Å²) in [5, 5.41) is 0. The third kappa shape index (κ3) is 4.86. The van der Waals surface area contributed by atoms with Crippen LogP contribution in [0.15, 0.2) is 17.0 Å². The van der Waals surface area contributed by atoms with Crippen molar-refractivity contribution in [3.63, 3.8) is 0 Å². The lowest BCUT2D eigenvalue weighted by atomic mass is 10.2.